The molecular weight excluding hydrogens is 284 g/mol. The lowest BCUT2D eigenvalue weighted by molar-refractivity contribution is -0.137. The van der Waals surface area contributed by atoms with Crippen LogP contribution in [0.15, 0.2) is 22.8 Å². The first-order valence-corrected chi connectivity index (χ1v) is 7.90. The van der Waals surface area contributed by atoms with Crippen molar-refractivity contribution in [3.63, 3.8) is 0 Å². The highest BCUT2D eigenvalue weighted by Gasteiger charge is 2.36. The maximum atomic E-state index is 12.3. The van der Waals surface area contributed by atoms with Crippen LogP contribution in [0.5, 0.6) is 0 Å². The average Bonchev–Trinajstić information content (AvgIpc) is 3.18. The molecule has 1 saturated carbocycles. The fourth-order valence-electron chi connectivity index (χ4n) is 3.32. The van der Waals surface area contributed by atoms with E-state index in [0.29, 0.717) is 31.9 Å². The van der Waals surface area contributed by atoms with Crippen LogP contribution in [0.3, 0.4) is 0 Å². The maximum absolute atomic E-state index is 12.3. The van der Waals surface area contributed by atoms with Crippen LogP contribution in [0, 0.1) is 0 Å². The number of hydrogen-bond acceptors (Lipinski definition) is 4. The number of piperazine rings is 1. The van der Waals surface area contributed by atoms with E-state index in [2.05, 4.69) is 0 Å². The molecule has 1 saturated heterocycles. The number of rotatable bonds is 3. The van der Waals surface area contributed by atoms with E-state index in [9.17, 15) is 14.7 Å². The molecule has 1 N–H and O–H groups in total. The molecule has 6 heteroatoms. The van der Waals surface area contributed by atoms with Gasteiger partial charge in [-0.05, 0) is 25.0 Å². The van der Waals surface area contributed by atoms with Gasteiger partial charge in [-0.2, -0.15) is 0 Å². The van der Waals surface area contributed by atoms with Gasteiger partial charge in [0.25, 0.3) is 5.91 Å². The fraction of sp³-hybridized carbons (Fsp3) is 0.625. The van der Waals surface area contributed by atoms with Crippen molar-refractivity contribution < 1.29 is 19.1 Å². The van der Waals surface area contributed by atoms with Crippen molar-refractivity contribution in [2.75, 3.05) is 26.2 Å². The van der Waals surface area contributed by atoms with E-state index < -0.39 is 5.60 Å². The van der Waals surface area contributed by atoms with Gasteiger partial charge in [-0.3, -0.25) is 9.59 Å². The second-order valence-electron chi connectivity index (χ2n) is 6.26. The Labute approximate surface area is 129 Å². The molecule has 0 spiro atoms. The number of carbonyl (C=O) groups is 2. The molecule has 2 aliphatic rings. The van der Waals surface area contributed by atoms with Crippen molar-refractivity contribution in [3.05, 3.63) is 24.2 Å². The second kappa shape index (κ2) is 6.12. The molecule has 6 nitrogen and oxygen atoms in total. The topological polar surface area (TPSA) is 74.0 Å². The number of aliphatic hydroxyl groups is 1. The van der Waals surface area contributed by atoms with E-state index in [1.54, 1.807) is 21.9 Å². The molecule has 0 aromatic carbocycles. The molecule has 22 heavy (non-hydrogen) atoms. The average molecular weight is 306 g/mol. The molecule has 3 rings (SSSR count). The summed E-state index contributed by atoms with van der Waals surface area (Å²) < 4.78 is 5.12. The molecule has 0 radical (unpaired) electrons. The van der Waals surface area contributed by atoms with Crippen molar-refractivity contribution in [1.29, 1.82) is 0 Å². The van der Waals surface area contributed by atoms with Crippen LogP contribution < -0.4 is 0 Å². The van der Waals surface area contributed by atoms with Crippen molar-refractivity contribution >= 4 is 11.8 Å². The molecule has 0 bridgehead atoms. The summed E-state index contributed by atoms with van der Waals surface area (Å²) in [6.45, 7) is 2.04. The molecule has 0 unspecified atom stereocenters. The Morgan fingerprint density at radius 2 is 1.77 bits per heavy atom. The monoisotopic (exact) mass is 306 g/mol. The zero-order valence-electron chi connectivity index (χ0n) is 12.7. The summed E-state index contributed by atoms with van der Waals surface area (Å²) in [7, 11) is 0. The first kappa shape index (κ1) is 15.1. The van der Waals surface area contributed by atoms with Crippen molar-refractivity contribution in [3.8, 4) is 0 Å². The summed E-state index contributed by atoms with van der Waals surface area (Å²) in [4.78, 5) is 27.9. The Kier molecular flexibility index (Phi) is 4.20. The highest BCUT2D eigenvalue weighted by Crippen LogP contribution is 2.32. The molecule has 2 amide bonds. The first-order chi connectivity index (χ1) is 10.6. The van der Waals surface area contributed by atoms with Crippen LogP contribution >= 0.6 is 0 Å². The van der Waals surface area contributed by atoms with Crippen LogP contribution in [0.1, 0.15) is 42.7 Å². The number of nitrogens with zero attached hydrogens (tertiary/aromatic N) is 2. The molecule has 2 heterocycles. The molecular formula is C16H22N2O4. The van der Waals surface area contributed by atoms with Crippen molar-refractivity contribution in [2.45, 2.75) is 37.7 Å². The lowest BCUT2D eigenvalue weighted by Crippen LogP contribution is -2.51. The number of hydrogen-bond donors (Lipinski definition) is 1. The number of furan rings is 1. The van der Waals surface area contributed by atoms with Crippen molar-refractivity contribution in [2.24, 2.45) is 0 Å². The smallest absolute Gasteiger partial charge is 0.289 e. The van der Waals surface area contributed by atoms with Gasteiger partial charge in [0.1, 0.15) is 0 Å². The zero-order chi connectivity index (χ0) is 15.6. The third-order valence-electron chi connectivity index (χ3n) is 4.67. The minimum Gasteiger partial charge on any atom is -0.459 e. The fourth-order valence-corrected chi connectivity index (χ4v) is 3.32. The standard InChI is InChI=1S/C16H22N2O4/c19-14(12-16(21)5-1-2-6-16)17-7-9-18(10-8-17)15(20)13-4-3-11-22-13/h3-4,11,21H,1-2,5-10,12H2. The van der Waals surface area contributed by atoms with Gasteiger partial charge in [-0.1, -0.05) is 12.8 Å². The number of amides is 2. The normalized spacial score (nSPS) is 21.1. The van der Waals surface area contributed by atoms with Gasteiger partial charge in [-0.25, -0.2) is 0 Å². The van der Waals surface area contributed by atoms with E-state index >= 15 is 0 Å². The lowest BCUT2D eigenvalue weighted by atomic mass is 9.97. The molecule has 1 aliphatic heterocycles. The van der Waals surface area contributed by atoms with E-state index in [-0.39, 0.29) is 18.2 Å². The second-order valence-corrected chi connectivity index (χ2v) is 6.26. The predicted octanol–water partition coefficient (Wildman–Crippen LogP) is 1.26. The van der Waals surface area contributed by atoms with Gasteiger partial charge in [0.2, 0.25) is 5.91 Å². The van der Waals surface area contributed by atoms with Gasteiger partial charge < -0.3 is 19.3 Å². The van der Waals surface area contributed by atoms with Crippen molar-refractivity contribution in [1.82, 2.24) is 9.80 Å². The van der Waals surface area contributed by atoms with Gasteiger partial charge >= 0.3 is 0 Å². The van der Waals surface area contributed by atoms with Gasteiger partial charge in [-0.15, -0.1) is 0 Å². The minimum absolute atomic E-state index is 0.00509. The molecule has 1 aliphatic carbocycles. The lowest BCUT2D eigenvalue weighted by Gasteiger charge is -2.35. The highest BCUT2D eigenvalue weighted by molar-refractivity contribution is 5.91. The molecule has 1 aromatic rings. The van der Waals surface area contributed by atoms with Crippen LogP contribution in [0.2, 0.25) is 0 Å². The van der Waals surface area contributed by atoms with Crippen LogP contribution in [0.25, 0.3) is 0 Å². The van der Waals surface area contributed by atoms with Gasteiger partial charge in [0, 0.05) is 26.2 Å². The van der Waals surface area contributed by atoms with Crippen LogP contribution in [-0.2, 0) is 4.79 Å². The summed E-state index contributed by atoms with van der Waals surface area (Å²) in [6, 6.07) is 3.34. The van der Waals surface area contributed by atoms with Gasteiger partial charge in [0.15, 0.2) is 5.76 Å². The van der Waals surface area contributed by atoms with Crippen LogP contribution in [-0.4, -0.2) is 58.5 Å². The summed E-state index contributed by atoms with van der Waals surface area (Å²) in [5.41, 5.74) is -0.807. The first-order valence-electron chi connectivity index (χ1n) is 7.90. The maximum Gasteiger partial charge on any atom is 0.289 e. The third-order valence-corrected chi connectivity index (χ3v) is 4.67. The molecule has 1 aromatic heterocycles. The Hall–Kier alpha value is -1.82. The van der Waals surface area contributed by atoms with E-state index in [1.807, 2.05) is 0 Å². The molecule has 0 atom stereocenters. The Morgan fingerprint density at radius 3 is 2.36 bits per heavy atom. The minimum atomic E-state index is -0.807. The summed E-state index contributed by atoms with van der Waals surface area (Å²) in [6.07, 6.45) is 5.12. The SMILES string of the molecule is O=C(CC1(O)CCCC1)N1CCN(C(=O)c2ccco2)CC1. The predicted molar refractivity (Wildman–Crippen MR) is 79.2 cm³/mol. The number of carbonyl (C=O) groups excluding carboxylic acids is 2. The van der Waals surface area contributed by atoms with Crippen LogP contribution in [0.4, 0.5) is 0 Å². The highest BCUT2D eigenvalue weighted by atomic mass is 16.3. The Balaban J connectivity index is 1.51. The molecule has 120 valence electrons. The Bertz CT molecular complexity index is 526. The summed E-state index contributed by atoms with van der Waals surface area (Å²) >= 11 is 0. The molecule has 2 fully saturated rings. The quantitative estimate of drug-likeness (QED) is 0.912. The van der Waals surface area contributed by atoms with E-state index in [1.165, 1.54) is 6.26 Å². The van der Waals surface area contributed by atoms with Gasteiger partial charge in [0.05, 0.1) is 18.3 Å². The largest absolute Gasteiger partial charge is 0.459 e. The van der Waals surface area contributed by atoms with E-state index in [4.69, 9.17) is 4.42 Å². The summed E-state index contributed by atoms with van der Waals surface area (Å²) in [5, 5.41) is 10.3. The zero-order valence-corrected chi connectivity index (χ0v) is 12.7. The van der Waals surface area contributed by atoms with E-state index in [0.717, 1.165) is 25.7 Å². The Morgan fingerprint density at radius 1 is 1.14 bits per heavy atom. The summed E-state index contributed by atoms with van der Waals surface area (Å²) in [5.74, 6) is 0.195. The third kappa shape index (κ3) is 3.16.